The number of carbonyl (C=O) groups is 9. The number of nitrogens with one attached hydrogen (secondary N) is 6. The van der Waals surface area contributed by atoms with Crippen LogP contribution in [0.4, 0.5) is 4.79 Å². The Morgan fingerprint density at radius 3 is 1.84 bits per heavy atom. The first-order valence-corrected chi connectivity index (χ1v) is 26.5. The van der Waals surface area contributed by atoms with E-state index in [4.69, 9.17) is 28.4 Å². The second-order valence-corrected chi connectivity index (χ2v) is 20.6. The maximum Gasteiger partial charge on any atom is 0.364 e. The number of amides is 6. The van der Waals surface area contributed by atoms with Crippen molar-refractivity contribution in [2.24, 2.45) is 0 Å². The van der Waals surface area contributed by atoms with E-state index in [1.165, 1.54) is 0 Å². The number of hydrogen-bond acceptors (Lipinski definition) is 21. The van der Waals surface area contributed by atoms with Gasteiger partial charge in [0.05, 0.1) is 49.6 Å². The Bertz CT molecular complexity index is 2010. The number of fused-ring (bicyclic) bond motifs is 1. The van der Waals surface area contributed by atoms with E-state index in [0.717, 1.165) is 59.1 Å². The third-order valence-corrected chi connectivity index (χ3v) is 14.7. The molecule has 4 fully saturated rings. The molecule has 4 rings (SSSR count). The third kappa shape index (κ3) is 18.6. The number of hydrogen-bond donors (Lipinski definition) is 13. The van der Waals surface area contributed by atoms with E-state index in [0.29, 0.717) is 50.4 Å². The molecule has 76 heavy (non-hydrogen) atoms. The van der Waals surface area contributed by atoms with Gasteiger partial charge in [-0.2, -0.15) is 11.8 Å². The molecule has 4 saturated heterocycles. The van der Waals surface area contributed by atoms with Crippen LogP contribution in [0.3, 0.4) is 0 Å². The van der Waals surface area contributed by atoms with Gasteiger partial charge in [0.15, 0.2) is 6.10 Å². The molecule has 15 atom stereocenters. The molecule has 28 nitrogen and oxygen atoms in total. The van der Waals surface area contributed by atoms with Gasteiger partial charge in [-0.1, -0.05) is 12.8 Å². The van der Waals surface area contributed by atoms with Gasteiger partial charge in [-0.3, -0.25) is 28.8 Å². The number of aliphatic hydroxyl groups is 5. The van der Waals surface area contributed by atoms with Gasteiger partial charge in [-0.25, -0.2) is 14.4 Å². The highest BCUT2D eigenvalue weighted by Crippen LogP contribution is 2.39. The molecule has 0 aromatic heterocycles. The molecule has 0 aromatic carbocycles. The van der Waals surface area contributed by atoms with Gasteiger partial charge in [-0.15, -0.1) is 0 Å². The molecule has 29 heteroatoms. The maximum atomic E-state index is 13.1. The van der Waals surface area contributed by atoms with Gasteiger partial charge in [0.25, 0.3) is 11.6 Å². The number of ether oxygens (including phenoxy) is 6. The van der Waals surface area contributed by atoms with Crippen LogP contribution in [-0.4, -0.2) is 218 Å². The average Bonchev–Trinajstić information content (AvgIpc) is 3.91. The van der Waals surface area contributed by atoms with Crippen LogP contribution in [0.2, 0.25) is 0 Å². The van der Waals surface area contributed by atoms with Gasteiger partial charge in [0.2, 0.25) is 23.6 Å². The maximum absolute atomic E-state index is 13.1. The van der Waals surface area contributed by atoms with E-state index in [1.54, 1.807) is 0 Å². The summed E-state index contributed by atoms with van der Waals surface area (Å²) in [5, 5.41) is 93.7. The zero-order valence-corrected chi connectivity index (χ0v) is 43.9. The molecule has 13 N–H and O–H groups in total. The lowest BCUT2D eigenvalue weighted by atomic mass is 9.87. The van der Waals surface area contributed by atoms with Crippen molar-refractivity contribution in [3.05, 3.63) is 0 Å². The summed E-state index contributed by atoms with van der Waals surface area (Å²) in [5.41, 5.74) is 0. The van der Waals surface area contributed by atoms with Crippen molar-refractivity contribution in [2.45, 2.75) is 201 Å². The Kier molecular flexibility index (Phi) is 25.3. The summed E-state index contributed by atoms with van der Waals surface area (Å²) in [6, 6.07) is -3.10. The van der Waals surface area contributed by atoms with Crippen LogP contribution >= 0.6 is 11.8 Å². The first-order chi connectivity index (χ1) is 35.9. The molecule has 4 aliphatic rings. The molecule has 0 unspecified atom stereocenters. The fourth-order valence-corrected chi connectivity index (χ4v) is 11.1. The number of aliphatic carboxylic acids is 2. The molecule has 0 spiro atoms. The van der Waals surface area contributed by atoms with Gasteiger partial charge in [-0.05, 0) is 44.9 Å². The van der Waals surface area contributed by atoms with Crippen LogP contribution < -0.4 is 31.9 Å². The van der Waals surface area contributed by atoms with E-state index < -0.39 is 134 Å². The molecule has 0 aliphatic carbocycles. The lowest BCUT2D eigenvalue weighted by Crippen LogP contribution is -2.70. The molecule has 6 amide bonds. The monoisotopic (exact) mass is 1110 g/mol. The van der Waals surface area contributed by atoms with Crippen molar-refractivity contribution in [1.29, 1.82) is 0 Å². The van der Waals surface area contributed by atoms with Gasteiger partial charge in [0, 0.05) is 77.5 Å². The van der Waals surface area contributed by atoms with E-state index in [1.807, 2.05) is 11.8 Å². The number of urea groups is 1. The molecule has 0 bridgehead atoms. The second-order valence-electron chi connectivity index (χ2n) is 19.3. The number of carboxylic acids is 2. The van der Waals surface area contributed by atoms with Crippen LogP contribution in [0.5, 0.6) is 0 Å². The predicted octanol–water partition coefficient (Wildman–Crippen LogP) is -2.84. The average molecular weight is 1110 g/mol. The first kappa shape index (κ1) is 63.6. The SMILES string of the molecule is CC(=O)N[C@H]1[C@H]([C@H](OC(C)=O)[C@H](O)COC(C)=O)O[C@@](O[C@H](CO)[C@@H](O)[C@@H]2O[C@@](OCCCCCNC(=O)CCCCCNC(=O)CCCC[C@@H]3SC[C@@H]4NC(=O)N[C@@H]43)(C(=O)O)C[C@H](O)[C@H]2NC(C)=O)(C(=O)O)C[C@@H]1O. The molecule has 0 aromatic rings. The van der Waals surface area contributed by atoms with Crippen LogP contribution in [0, 0.1) is 0 Å². The largest absolute Gasteiger partial charge is 0.477 e. The molecule has 4 aliphatic heterocycles. The van der Waals surface area contributed by atoms with Crippen LogP contribution in [-0.2, 0) is 66.8 Å². The number of thioether (sulfide) groups is 1. The van der Waals surface area contributed by atoms with E-state index >= 15 is 0 Å². The van der Waals surface area contributed by atoms with E-state index in [2.05, 4.69) is 31.9 Å². The Morgan fingerprint density at radius 1 is 0.737 bits per heavy atom. The van der Waals surface area contributed by atoms with Crippen LogP contribution in [0.25, 0.3) is 0 Å². The summed E-state index contributed by atoms with van der Waals surface area (Å²) >= 11 is 1.84. The Hall–Kier alpha value is -4.98. The van der Waals surface area contributed by atoms with Crippen molar-refractivity contribution in [1.82, 2.24) is 31.9 Å². The Balaban J connectivity index is 1.28. The molecule has 4 heterocycles. The number of esters is 2. The molecule has 0 saturated carbocycles. The number of unbranched alkanes of at least 4 members (excludes halogenated alkanes) is 5. The van der Waals surface area contributed by atoms with Crippen LogP contribution in [0.1, 0.15) is 111 Å². The summed E-state index contributed by atoms with van der Waals surface area (Å²) in [5.74, 6) is -12.5. The minimum Gasteiger partial charge on any atom is -0.477 e. The highest BCUT2D eigenvalue weighted by molar-refractivity contribution is 8.00. The third-order valence-electron chi connectivity index (χ3n) is 13.2. The molecule has 0 radical (unpaired) electrons. The smallest absolute Gasteiger partial charge is 0.364 e. The lowest BCUT2D eigenvalue weighted by Gasteiger charge is -2.49. The lowest BCUT2D eigenvalue weighted by molar-refractivity contribution is -0.346. The summed E-state index contributed by atoms with van der Waals surface area (Å²) < 4.78 is 33.1. The number of rotatable bonds is 32. The Morgan fingerprint density at radius 2 is 1.29 bits per heavy atom. The van der Waals surface area contributed by atoms with Crippen molar-refractivity contribution in [2.75, 3.05) is 38.7 Å². The minimum atomic E-state index is -3.15. The summed E-state index contributed by atoms with van der Waals surface area (Å²) in [7, 11) is 0. The number of carbonyl (C=O) groups excluding carboxylic acids is 7. The first-order valence-electron chi connectivity index (χ1n) is 25.5. The zero-order chi connectivity index (χ0) is 56.3. The van der Waals surface area contributed by atoms with Crippen molar-refractivity contribution < 1.29 is 107 Å². The van der Waals surface area contributed by atoms with Gasteiger partial charge < -0.3 is 96.1 Å². The summed E-state index contributed by atoms with van der Waals surface area (Å²) in [6.07, 6.45) is -11.9. The summed E-state index contributed by atoms with van der Waals surface area (Å²) in [6.45, 7) is 2.28. The van der Waals surface area contributed by atoms with Gasteiger partial charge in [0.1, 0.15) is 37.1 Å². The molecule has 432 valence electrons. The summed E-state index contributed by atoms with van der Waals surface area (Å²) in [4.78, 5) is 111. The highest BCUT2D eigenvalue weighted by atomic mass is 32.2. The second kappa shape index (κ2) is 30.2. The predicted molar refractivity (Wildman–Crippen MR) is 261 cm³/mol. The van der Waals surface area contributed by atoms with Crippen molar-refractivity contribution >= 4 is 65.3 Å². The fraction of sp³-hybridized carbons (Fsp3) is 0.809. The topological polar surface area (TPSA) is 423 Å². The van der Waals surface area contributed by atoms with Crippen molar-refractivity contribution in [3.8, 4) is 0 Å². The number of carboxylic acid groups (broad SMARTS) is 2. The minimum absolute atomic E-state index is 0.0231. The Labute approximate surface area is 443 Å². The zero-order valence-electron chi connectivity index (χ0n) is 43.1. The molecular weight excluding hydrogens is 1030 g/mol. The van der Waals surface area contributed by atoms with E-state index in [-0.39, 0.29) is 49.4 Å². The normalized spacial score (nSPS) is 29.5. The fourth-order valence-electron chi connectivity index (χ4n) is 9.52. The van der Waals surface area contributed by atoms with Crippen molar-refractivity contribution in [3.63, 3.8) is 0 Å². The molecular formula is C47H76N6O22S. The number of aliphatic hydroxyl groups excluding tert-OH is 5. The highest BCUT2D eigenvalue weighted by Gasteiger charge is 2.60. The standard InChI is InChI=1S/C47H76N6O22S/c1-24(55)50-37-29(59)19-46(43(65)66,71-18-12-6-11-17-49-34(62)14-7-5-10-16-48-35(63)15-9-8-13-33-36-28(23-76-33)52-45(69)53-36)74-41(37)39(64)32(21-54)73-47(44(67)68)20-30(60)38(51-25(2)56)42(75-47)40(72-27(4)58)31(61)22-70-26(3)57/h28-33,36-42,54,59-61,64H,5-23H2,1-4H3,(H,48,63)(H,49,62)(H,50,55)(H,51,56)(H,65,66)(H,67,68)(H2,52,53,69)/t28-,29-,30-,31+,32+,33-,36-,37+,38+,39+,40+,41+,42+,46+,47+/m0/s1. The quantitative estimate of drug-likeness (QED) is 0.0183. The van der Waals surface area contributed by atoms with Crippen LogP contribution in [0.15, 0.2) is 0 Å². The van der Waals surface area contributed by atoms with Gasteiger partial charge >= 0.3 is 29.9 Å². The van der Waals surface area contributed by atoms with E-state index in [9.17, 15) is 78.9 Å².